The lowest BCUT2D eigenvalue weighted by molar-refractivity contribution is 0.0952. The van der Waals surface area contributed by atoms with Gasteiger partial charge in [-0.05, 0) is 37.5 Å². The van der Waals surface area contributed by atoms with Gasteiger partial charge in [-0.25, -0.2) is 9.97 Å². The van der Waals surface area contributed by atoms with Crippen LogP contribution in [0.5, 0.6) is 0 Å². The largest absolute Gasteiger partial charge is 0.354 e. The fourth-order valence-electron chi connectivity index (χ4n) is 3.36. The Morgan fingerprint density at radius 2 is 2.14 bits per heavy atom. The smallest absolute Gasteiger partial charge is 0.252 e. The van der Waals surface area contributed by atoms with Crippen LogP contribution in [0.1, 0.15) is 55.8 Å². The van der Waals surface area contributed by atoms with Crippen LogP contribution < -0.4 is 10.6 Å². The molecule has 2 heterocycles. The predicted octanol–water partition coefficient (Wildman–Crippen LogP) is 5.16. The van der Waals surface area contributed by atoms with Crippen molar-refractivity contribution < 1.29 is 4.79 Å². The highest BCUT2D eigenvalue weighted by Crippen LogP contribution is 2.30. The monoisotopic (exact) mass is 411 g/mol. The molecule has 3 N–H and O–H groups in total. The summed E-state index contributed by atoms with van der Waals surface area (Å²) in [6.07, 6.45) is 8.46. The number of fused-ring (bicyclic) bond motifs is 1. The molecular weight excluding hydrogens is 386 g/mol. The van der Waals surface area contributed by atoms with Crippen LogP contribution in [0.25, 0.3) is 22.3 Å². The van der Waals surface area contributed by atoms with Crippen molar-refractivity contribution >= 4 is 34.4 Å². The first-order valence-electron chi connectivity index (χ1n) is 10.3. The molecule has 6 nitrogen and oxygen atoms in total. The molecule has 2 aromatic heterocycles. The van der Waals surface area contributed by atoms with E-state index in [0.29, 0.717) is 28.3 Å². The van der Waals surface area contributed by atoms with E-state index in [1.54, 1.807) is 6.20 Å². The molecule has 1 saturated carbocycles. The van der Waals surface area contributed by atoms with Gasteiger partial charge >= 0.3 is 0 Å². The third kappa shape index (κ3) is 4.70. The fourth-order valence-corrected chi connectivity index (χ4v) is 3.56. The summed E-state index contributed by atoms with van der Waals surface area (Å²) in [6.45, 7) is 3.03. The average Bonchev–Trinajstić information content (AvgIpc) is 3.42. The number of hydrogen-bond donors (Lipinski definition) is 3. The maximum Gasteiger partial charge on any atom is 0.252 e. The number of halogens is 1. The van der Waals surface area contributed by atoms with Crippen LogP contribution in [0.2, 0.25) is 5.02 Å². The minimum Gasteiger partial charge on any atom is -0.354 e. The molecule has 1 fully saturated rings. The highest BCUT2D eigenvalue weighted by molar-refractivity contribution is 6.33. The van der Waals surface area contributed by atoms with Gasteiger partial charge in [-0.3, -0.25) is 4.79 Å². The van der Waals surface area contributed by atoms with Crippen LogP contribution in [0.15, 0.2) is 30.5 Å². The summed E-state index contributed by atoms with van der Waals surface area (Å²) < 4.78 is 0. The predicted molar refractivity (Wildman–Crippen MR) is 117 cm³/mol. The van der Waals surface area contributed by atoms with Gasteiger partial charge in [-0.1, -0.05) is 43.9 Å². The second kappa shape index (κ2) is 8.82. The number of rotatable bonds is 9. The number of anilines is 1. The zero-order valence-corrected chi connectivity index (χ0v) is 17.4. The third-order valence-corrected chi connectivity index (χ3v) is 5.41. The van der Waals surface area contributed by atoms with E-state index in [-0.39, 0.29) is 5.91 Å². The average molecular weight is 412 g/mol. The van der Waals surface area contributed by atoms with Crippen LogP contribution in [0.4, 0.5) is 5.95 Å². The summed E-state index contributed by atoms with van der Waals surface area (Å²) in [5, 5.41) is 7.66. The number of benzene rings is 1. The number of hydrogen-bond acceptors (Lipinski definition) is 4. The second-order valence-electron chi connectivity index (χ2n) is 7.58. The van der Waals surface area contributed by atoms with Crippen LogP contribution in [0, 0.1) is 0 Å². The molecule has 1 aromatic carbocycles. The normalized spacial score (nSPS) is 13.6. The maximum atomic E-state index is 12.6. The molecule has 0 bridgehead atoms. The number of nitrogens with one attached hydrogen (secondary N) is 3. The van der Waals surface area contributed by atoms with Crippen molar-refractivity contribution in [3.63, 3.8) is 0 Å². The van der Waals surface area contributed by atoms with Gasteiger partial charge in [0.05, 0.1) is 16.9 Å². The second-order valence-corrected chi connectivity index (χ2v) is 7.98. The Kier molecular flexibility index (Phi) is 6.00. The Hall–Kier alpha value is -2.60. The molecule has 1 amide bonds. The van der Waals surface area contributed by atoms with E-state index in [4.69, 9.17) is 11.6 Å². The maximum absolute atomic E-state index is 12.6. The standard InChI is InChI=1S/C22H26ClN5O/c1-2-3-4-5-11-24-22-25-13-17(23)20(28-22)19-12-16-15(7-6-8-18(16)27-19)21(29)26-14-9-10-14/h6-8,12-14,27H,2-5,9-11H2,1H3,(H,26,29)(H,24,25,28). The Bertz CT molecular complexity index is 1010. The van der Waals surface area contributed by atoms with Crippen molar-refractivity contribution in [2.75, 3.05) is 11.9 Å². The van der Waals surface area contributed by atoms with E-state index >= 15 is 0 Å². The summed E-state index contributed by atoms with van der Waals surface area (Å²) in [5.41, 5.74) is 2.94. The molecule has 0 aliphatic heterocycles. The van der Waals surface area contributed by atoms with Crippen LogP contribution in [-0.4, -0.2) is 33.4 Å². The molecule has 7 heteroatoms. The molecule has 0 radical (unpaired) electrons. The van der Waals surface area contributed by atoms with E-state index in [1.807, 2.05) is 24.3 Å². The van der Waals surface area contributed by atoms with E-state index in [9.17, 15) is 4.79 Å². The molecule has 1 aliphatic carbocycles. The Morgan fingerprint density at radius 1 is 1.28 bits per heavy atom. The van der Waals surface area contributed by atoms with Gasteiger partial charge < -0.3 is 15.6 Å². The number of aromatic amines is 1. The number of nitrogens with zero attached hydrogens (tertiary/aromatic N) is 2. The molecule has 0 spiro atoms. The SMILES string of the molecule is CCCCCCNc1ncc(Cl)c(-c2cc3c(C(=O)NC4CC4)cccc3[nH]2)n1. The van der Waals surface area contributed by atoms with Gasteiger partial charge in [0.1, 0.15) is 5.69 Å². The van der Waals surface area contributed by atoms with Crippen molar-refractivity contribution in [2.45, 2.75) is 51.5 Å². The molecule has 29 heavy (non-hydrogen) atoms. The van der Waals surface area contributed by atoms with E-state index in [1.165, 1.54) is 19.3 Å². The lowest BCUT2D eigenvalue weighted by atomic mass is 10.1. The minimum absolute atomic E-state index is 0.0353. The van der Waals surface area contributed by atoms with Gasteiger partial charge in [-0.2, -0.15) is 0 Å². The molecule has 152 valence electrons. The van der Waals surface area contributed by atoms with E-state index in [2.05, 4.69) is 32.5 Å². The summed E-state index contributed by atoms with van der Waals surface area (Å²) in [6, 6.07) is 7.95. The summed E-state index contributed by atoms with van der Waals surface area (Å²) in [7, 11) is 0. The van der Waals surface area contributed by atoms with Crippen molar-refractivity contribution in [1.82, 2.24) is 20.3 Å². The summed E-state index contributed by atoms with van der Waals surface area (Å²) >= 11 is 6.39. The van der Waals surface area contributed by atoms with Crippen molar-refractivity contribution in [3.05, 3.63) is 41.0 Å². The minimum atomic E-state index is -0.0353. The van der Waals surface area contributed by atoms with Crippen LogP contribution >= 0.6 is 11.6 Å². The molecule has 0 atom stereocenters. The Morgan fingerprint density at radius 3 is 2.93 bits per heavy atom. The first-order chi connectivity index (χ1) is 14.2. The van der Waals surface area contributed by atoms with Crippen molar-refractivity contribution in [3.8, 4) is 11.4 Å². The fraction of sp³-hybridized carbons (Fsp3) is 0.409. The van der Waals surface area contributed by atoms with E-state index < -0.39 is 0 Å². The number of unbranched alkanes of at least 4 members (excludes halogenated alkanes) is 3. The summed E-state index contributed by atoms with van der Waals surface area (Å²) in [5.74, 6) is 0.526. The lowest BCUT2D eigenvalue weighted by Gasteiger charge is -2.07. The number of aromatic nitrogens is 3. The van der Waals surface area contributed by atoms with Gasteiger partial charge in [0.2, 0.25) is 5.95 Å². The first kappa shape index (κ1) is 19.7. The highest BCUT2D eigenvalue weighted by Gasteiger charge is 2.25. The van der Waals surface area contributed by atoms with Gasteiger partial charge in [-0.15, -0.1) is 0 Å². The number of carbonyl (C=O) groups is 1. The topological polar surface area (TPSA) is 82.7 Å². The molecule has 1 aliphatic rings. The molecule has 0 unspecified atom stereocenters. The van der Waals surface area contributed by atoms with E-state index in [0.717, 1.165) is 42.4 Å². The zero-order valence-electron chi connectivity index (χ0n) is 16.6. The zero-order chi connectivity index (χ0) is 20.2. The Labute approximate surface area is 175 Å². The molecule has 3 aromatic rings. The highest BCUT2D eigenvalue weighted by atomic mass is 35.5. The molecule has 4 rings (SSSR count). The van der Waals surface area contributed by atoms with Gasteiger partial charge in [0.15, 0.2) is 0 Å². The Balaban J connectivity index is 1.57. The lowest BCUT2D eigenvalue weighted by Crippen LogP contribution is -2.25. The molecule has 0 saturated heterocycles. The van der Waals surface area contributed by atoms with Crippen molar-refractivity contribution in [1.29, 1.82) is 0 Å². The van der Waals surface area contributed by atoms with Gasteiger partial charge in [0, 0.05) is 29.1 Å². The quantitative estimate of drug-likeness (QED) is 0.424. The number of carbonyl (C=O) groups excluding carboxylic acids is 1. The number of amides is 1. The van der Waals surface area contributed by atoms with Gasteiger partial charge in [0.25, 0.3) is 5.91 Å². The first-order valence-corrected chi connectivity index (χ1v) is 10.7. The number of H-pyrrole nitrogens is 1. The molecular formula is C22H26ClN5O. The summed E-state index contributed by atoms with van der Waals surface area (Å²) in [4.78, 5) is 24.8. The van der Waals surface area contributed by atoms with Crippen LogP contribution in [0.3, 0.4) is 0 Å². The van der Waals surface area contributed by atoms with Crippen LogP contribution in [-0.2, 0) is 0 Å². The third-order valence-electron chi connectivity index (χ3n) is 5.13. The van der Waals surface area contributed by atoms with Crippen molar-refractivity contribution in [2.24, 2.45) is 0 Å².